The summed E-state index contributed by atoms with van der Waals surface area (Å²) < 4.78 is 25.2. The molecule has 1 aliphatic rings. The van der Waals surface area contributed by atoms with Gasteiger partial charge in [-0.05, 0) is 23.8 Å². The zero-order chi connectivity index (χ0) is 19.8. The first-order valence-corrected chi connectivity index (χ1v) is 9.39. The fourth-order valence-electron chi connectivity index (χ4n) is 3.16. The van der Waals surface area contributed by atoms with Crippen molar-refractivity contribution in [1.82, 2.24) is 10.6 Å². The SMILES string of the molecule is CN=C(NCc1ccc(N2CCOCC2)c(F)c1)NCc1ccccc1OC.I. The monoisotopic (exact) mass is 514 g/mol. The Morgan fingerprint density at radius 3 is 2.55 bits per heavy atom. The van der Waals surface area contributed by atoms with Gasteiger partial charge in [-0.1, -0.05) is 24.3 Å². The van der Waals surface area contributed by atoms with Gasteiger partial charge in [0.15, 0.2) is 5.96 Å². The van der Waals surface area contributed by atoms with Crippen LogP contribution >= 0.6 is 24.0 Å². The van der Waals surface area contributed by atoms with Crippen LogP contribution < -0.4 is 20.3 Å². The summed E-state index contributed by atoms with van der Waals surface area (Å²) in [4.78, 5) is 6.24. The van der Waals surface area contributed by atoms with Gasteiger partial charge >= 0.3 is 0 Å². The van der Waals surface area contributed by atoms with E-state index < -0.39 is 0 Å². The zero-order valence-electron chi connectivity index (χ0n) is 16.8. The van der Waals surface area contributed by atoms with Crippen LogP contribution in [0.2, 0.25) is 0 Å². The van der Waals surface area contributed by atoms with Crippen LogP contribution in [0.25, 0.3) is 0 Å². The van der Waals surface area contributed by atoms with Gasteiger partial charge in [-0.15, -0.1) is 24.0 Å². The number of nitrogens with one attached hydrogen (secondary N) is 2. The number of nitrogens with zero attached hydrogens (tertiary/aromatic N) is 2. The highest BCUT2D eigenvalue weighted by molar-refractivity contribution is 14.0. The van der Waals surface area contributed by atoms with Gasteiger partial charge in [0, 0.05) is 38.8 Å². The Morgan fingerprint density at radius 1 is 1.14 bits per heavy atom. The van der Waals surface area contributed by atoms with Crippen molar-refractivity contribution in [3.8, 4) is 5.75 Å². The highest BCUT2D eigenvalue weighted by atomic mass is 127. The van der Waals surface area contributed by atoms with Crippen molar-refractivity contribution in [3.05, 3.63) is 59.4 Å². The van der Waals surface area contributed by atoms with Gasteiger partial charge in [0.25, 0.3) is 0 Å². The van der Waals surface area contributed by atoms with Crippen LogP contribution in [-0.4, -0.2) is 46.4 Å². The van der Waals surface area contributed by atoms with Crippen molar-refractivity contribution in [1.29, 1.82) is 0 Å². The lowest BCUT2D eigenvalue weighted by atomic mass is 10.1. The number of halogens is 2. The summed E-state index contributed by atoms with van der Waals surface area (Å²) >= 11 is 0. The molecule has 0 spiro atoms. The number of morpholine rings is 1. The number of hydrogen-bond acceptors (Lipinski definition) is 4. The molecular formula is C21H28FIN4O2. The van der Waals surface area contributed by atoms with Gasteiger partial charge in [0.05, 0.1) is 26.0 Å². The largest absolute Gasteiger partial charge is 0.496 e. The molecule has 0 bridgehead atoms. The average Bonchev–Trinajstić information content (AvgIpc) is 2.75. The number of methoxy groups -OCH3 is 1. The summed E-state index contributed by atoms with van der Waals surface area (Å²) in [6.07, 6.45) is 0. The summed E-state index contributed by atoms with van der Waals surface area (Å²) in [5.74, 6) is 1.26. The molecule has 8 heteroatoms. The number of aliphatic imine (C=N–C) groups is 1. The number of rotatable bonds is 6. The fourth-order valence-corrected chi connectivity index (χ4v) is 3.16. The van der Waals surface area contributed by atoms with Gasteiger partial charge in [0.1, 0.15) is 11.6 Å². The number of benzene rings is 2. The van der Waals surface area contributed by atoms with Crippen LogP contribution in [0, 0.1) is 5.82 Å². The molecule has 0 radical (unpaired) electrons. The van der Waals surface area contributed by atoms with Gasteiger partial charge in [-0.2, -0.15) is 0 Å². The molecule has 29 heavy (non-hydrogen) atoms. The summed E-state index contributed by atoms with van der Waals surface area (Å²) in [5, 5.41) is 6.47. The molecule has 2 aromatic carbocycles. The molecule has 0 aromatic heterocycles. The van der Waals surface area contributed by atoms with E-state index in [9.17, 15) is 4.39 Å². The first-order chi connectivity index (χ1) is 13.7. The molecule has 0 unspecified atom stereocenters. The van der Waals surface area contributed by atoms with Crippen LogP contribution in [0.15, 0.2) is 47.5 Å². The van der Waals surface area contributed by atoms with Crippen LogP contribution in [0.4, 0.5) is 10.1 Å². The number of guanidine groups is 1. The minimum Gasteiger partial charge on any atom is -0.496 e. The van der Waals surface area contributed by atoms with Crippen molar-refractivity contribution in [2.45, 2.75) is 13.1 Å². The van der Waals surface area contributed by atoms with E-state index in [4.69, 9.17) is 9.47 Å². The lowest BCUT2D eigenvalue weighted by Gasteiger charge is -2.29. The first kappa shape index (κ1) is 23.2. The standard InChI is InChI=1S/C21H27FN4O2.HI/c1-23-21(25-15-17-5-3-4-6-20(17)27-2)24-14-16-7-8-19(18(22)13-16)26-9-11-28-12-10-26;/h3-8,13H,9-12,14-15H2,1-2H3,(H2,23,24,25);1H. The van der Waals surface area contributed by atoms with E-state index in [1.807, 2.05) is 41.3 Å². The third kappa shape index (κ3) is 6.46. The molecular weight excluding hydrogens is 486 g/mol. The Kier molecular flexibility index (Phi) is 9.46. The molecule has 158 valence electrons. The van der Waals surface area contributed by atoms with Gasteiger partial charge < -0.3 is 25.0 Å². The van der Waals surface area contributed by atoms with Gasteiger partial charge in [-0.25, -0.2) is 4.39 Å². The molecule has 0 saturated carbocycles. The van der Waals surface area contributed by atoms with Crippen molar-refractivity contribution in [2.24, 2.45) is 4.99 Å². The molecule has 1 heterocycles. The smallest absolute Gasteiger partial charge is 0.191 e. The second kappa shape index (κ2) is 11.8. The van der Waals surface area contributed by atoms with Crippen LogP contribution in [-0.2, 0) is 17.8 Å². The number of ether oxygens (including phenoxy) is 2. The number of anilines is 1. The predicted octanol–water partition coefficient (Wildman–Crippen LogP) is 3.15. The zero-order valence-corrected chi connectivity index (χ0v) is 19.1. The maximum absolute atomic E-state index is 14.5. The third-order valence-corrected chi connectivity index (χ3v) is 4.69. The van der Waals surface area contributed by atoms with Crippen molar-refractivity contribution in [2.75, 3.05) is 45.4 Å². The quantitative estimate of drug-likeness (QED) is 0.353. The molecule has 2 N–H and O–H groups in total. The van der Waals surface area contributed by atoms with Gasteiger partial charge in [-0.3, -0.25) is 4.99 Å². The van der Waals surface area contributed by atoms with Crippen LogP contribution in [0.1, 0.15) is 11.1 Å². The van der Waals surface area contributed by atoms with Crippen molar-refractivity contribution >= 4 is 35.6 Å². The second-order valence-electron chi connectivity index (χ2n) is 6.48. The minimum atomic E-state index is -0.210. The van der Waals surface area contributed by atoms with Gasteiger partial charge in [0.2, 0.25) is 0 Å². The van der Waals surface area contributed by atoms with Crippen molar-refractivity contribution in [3.63, 3.8) is 0 Å². The highest BCUT2D eigenvalue weighted by Crippen LogP contribution is 2.21. The Hall–Kier alpha value is -2.07. The Balaban J connectivity index is 0.00000300. The molecule has 3 rings (SSSR count). The average molecular weight is 514 g/mol. The molecule has 0 amide bonds. The maximum Gasteiger partial charge on any atom is 0.191 e. The third-order valence-electron chi connectivity index (χ3n) is 4.69. The Bertz CT molecular complexity index is 813. The number of hydrogen-bond donors (Lipinski definition) is 2. The fraction of sp³-hybridized carbons (Fsp3) is 0.381. The first-order valence-electron chi connectivity index (χ1n) is 9.39. The normalized spacial score (nSPS) is 14.2. The van der Waals surface area contributed by atoms with Crippen LogP contribution in [0.3, 0.4) is 0 Å². The summed E-state index contributed by atoms with van der Waals surface area (Å²) in [7, 11) is 3.36. The van der Waals surface area contributed by atoms with E-state index in [0.717, 1.165) is 16.9 Å². The van der Waals surface area contributed by atoms with E-state index in [1.54, 1.807) is 20.2 Å². The lowest BCUT2D eigenvalue weighted by molar-refractivity contribution is 0.122. The second-order valence-corrected chi connectivity index (χ2v) is 6.48. The summed E-state index contributed by atoms with van der Waals surface area (Å²) in [5.41, 5.74) is 2.52. The minimum absolute atomic E-state index is 0. The highest BCUT2D eigenvalue weighted by Gasteiger charge is 2.15. The molecule has 6 nitrogen and oxygen atoms in total. The Morgan fingerprint density at radius 2 is 1.86 bits per heavy atom. The molecule has 1 fully saturated rings. The van der Waals surface area contributed by atoms with E-state index in [1.165, 1.54) is 0 Å². The van der Waals surface area contributed by atoms with E-state index in [-0.39, 0.29) is 29.8 Å². The number of para-hydroxylation sites is 1. The van der Waals surface area contributed by atoms with Crippen molar-refractivity contribution < 1.29 is 13.9 Å². The van der Waals surface area contributed by atoms with E-state index in [2.05, 4.69) is 15.6 Å². The summed E-state index contributed by atoms with van der Waals surface area (Å²) in [6.45, 7) is 3.76. The predicted molar refractivity (Wildman–Crippen MR) is 125 cm³/mol. The van der Waals surface area contributed by atoms with E-state index in [0.29, 0.717) is 51.0 Å². The molecule has 2 aromatic rings. The molecule has 0 atom stereocenters. The lowest BCUT2D eigenvalue weighted by Crippen LogP contribution is -2.37. The summed E-state index contributed by atoms with van der Waals surface area (Å²) in [6, 6.07) is 13.2. The Labute approximate surface area is 188 Å². The van der Waals surface area contributed by atoms with E-state index >= 15 is 0 Å². The molecule has 1 saturated heterocycles. The van der Waals surface area contributed by atoms with Crippen LogP contribution in [0.5, 0.6) is 5.75 Å². The topological polar surface area (TPSA) is 58.1 Å². The molecule has 1 aliphatic heterocycles. The maximum atomic E-state index is 14.5. The molecule has 0 aliphatic carbocycles.